The molecule has 1 aromatic carbocycles. The van der Waals surface area contributed by atoms with Crippen molar-refractivity contribution in [3.63, 3.8) is 0 Å². The van der Waals surface area contributed by atoms with Crippen LogP contribution < -0.4 is 9.47 Å². The van der Waals surface area contributed by atoms with Gasteiger partial charge in [-0.05, 0) is 37.6 Å². The molecule has 0 radical (unpaired) electrons. The van der Waals surface area contributed by atoms with Gasteiger partial charge in [0.2, 0.25) is 0 Å². The van der Waals surface area contributed by atoms with Gasteiger partial charge in [-0.2, -0.15) is 0 Å². The second kappa shape index (κ2) is 6.61. The summed E-state index contributed by atoms with van der Waals surface area (Å²) in [4.78, 5) is 13.1. The van der Waals surface area contributed by atoms with Crippen LogP contribution in [0.2, 0.25) is 0 Å². The fourth-order valence-corrected chi connectivity index (χ4v) is 2.76. The number of hydrogen-bond donors (Lipinski definition) is 1. The van der Waals surface area contributed by atoms with E-state index in [1.807, 2.05) is 18.2 Å². The minimum Gasteiger partial charge on any atom is -0.497 e. The summed E-state index contributed by atoms with van der Waals surface area (Å²) in [5, 5.41) is 8.97. The molecule has 110 valence electrons. The van der Waals surface area contributed by atoms with E-state index in [9.17, 15) is 4.79 Å². The van der Waals surface area contributed by atoms with Gasteiger partial charge in [0.1, 0.15) is 11.5 Å². The Labute approximate surface area is 119 Å². The smallest absolute Gasteiger partial charge is 0.304 e. The van der Waals surface area contributed by atoms with Gasteiger partial charge in [-0.3, -0.25) is 9.69 Å². The lowest BCUT2D eigenvalue weighted by atomic mass is 10.1. The zero-order valence-electron chi connectivity index (χ0n) is 12.0. The lowest BCUT2D eigenvalue weighted by Gasteiger charge is -2.24. The molecule has 2 rings (SSSR count). The van der Waals surface area contributed by atoms with Crippen molar-refractivity contribution in [2.24, 2.45) is 0 Å². The van der Waals surface area contributed by atoms with Crippen LogP contribution in [-0.4, -0.2) is 42.8 Å². The highest BCUT2D eigenvalue weighted by Crippen LogP contribution is 2.29. The summed E-state index contributed by atoms with van der Waals surface area (Å²) < 4.78 is 10.6. The zero-order valence-corrected chi connectivity index (χ0v) is 12.0. The molecule has 1 aromatic rings. The third-order valence-electron chi connectivity index (χ3n) is 3.77. The van der Waals surface area contributed by atoms with E-state index in [1.54, 1.807) is 14.2 Å². The number of rotatable bonds is 6. The van der Waals surface area contributed by atoms with Gasteiger partial charge in [0.05, 0.1) is 20.6 Å². The highest BCUT2D eigenvalue weighted by Gasteiger charge is 2.27. The molecule has 5 nitrogen and oxygen atoms in total. The van der Waals surface area contributed by atoms with Crippen LogP contribution in [0.1, 0.15) is 24.8 Å². The molecule has 1 saturated heterocycles. The predicted octanol–water partition coefficient (Wildman–Crippen LogP) is 2.14. The second-order valence-corrected chi connectivity index (χ2v) is 5.04. The minimum atomic E-state index is -0.737. The first kappa shape index (κ1) is 14.7. The molecule has 5 heteroatoms. The fraction of sp³-hybridized carbons (Fsp3) is 0.533. The quantitative estimate of drug-likeness (QED) is 0.864. The van der Waals surface area contributed by atoms with Crippen LogP contribution in [0, 0.1) is 0 Å². The number of nitrogens with zero attached hydrogens (tertiary/aromatic N) is 1. The molecular weight excluding hydrogens is 258 g/mol. The Hall–Kier alpha value is -1.75. The molecule has 1 aliphatic rings. The molecule has 0 saturated carbocycles. The Bertz CT molecular complexity index is 475. The molecule has 1 N–H and O–H groups in total. The number of hydrogen-bond acceptors (Lipinski definition) is 4. The summed E-state index contributed by atoms with van der Waals surface area (Å²) in [6.07, 6.45) is 2.19. The average Bonchev–Trinajstić information content (AvgIpc) is 2.85. The first-order valence-electron chi connectivity index (χ1n) is 6.80. The van der Waals surface area contributed by atoms with E-state index in [0.717, 1.165) is 36.4 Å². The van der Waals surface area contributed by atoms with Gasteiger partial charge in [0, 0.05) is 18.2 Å². The van der Waals surface area contributed by atoms with Crippen molar-refractivity contribution in [3.05, 3.63) is 23.8 Å². The number of ether oxygens (including phenoxy) is 2. The lowest BCUT2D eigenvalue weighted by molar-refractivity contribution is -0.138. The molecule has 1 heterocycles. The van der Waals surface area contributed by atoms with Gasteiger partial charge < -0.3 is 14.6 Å². The van der Waals surface area contributed by atoms with Gasteiger partial charge >= 0.3 is 5.97 Å². The van der Waals surface area contributed by atoms with E-state index >= 15 is 0 Å². The van der Waals surface area contributed by atoms with Crippen molar-refractivity contribution in [2.75, 3.05) is 20.8 Å². The van der Waals surface area contributed by atoms with Gasteiger partial charge in [0.15, 0.2) is 0 Å². The van der Waals surface area contributed by atoms with Crippen molar-refractivity contribution in [1.82, 2.24) is 4.90 Å². The maximum Gasteiger partial charge on any atom is 0.304 e. The van der Waals surface area contributed by atoms with Crippen molar-refractivity contribution in [3.8, 4) is 11.5 Å². The van der Waals surface area contributed by atoms with Gasteiger partial charge in [-0.15, -0.1) is 0 Å². The van der Waals surface area contributed by atoms with Crippen LogP contribution in [0.4, 0.5) is 0 Å². The molecule has 0 amide bonds. The summed E-state index contributed by atoms with van der Waals surface area (Å²) >= 11 is 0. The molecule has 20 heavy (non-hydrogen) atoms. The standard InChI is InChI=1S/C15H21NO4/c1-19-13-5-6-14(20-2)11(8-13)10-16-7-3-4-12(16)9-15(17)18/h5-6,8,12H,3-4,7,9-10H2,1-2H3,(H,17,18). The highest BCUT2D eigenvalue weighted by molar-refractivity contribution is 5.67. The summed E-state index contributed by atoms with van der Waals surface area (Å²) in [6.45, 7) is 1.62. The SMILES string of the molecule is COc1ccc(OC)c(CN2CCCC2CC(=O)O)c1. The Morgan fingerprint density at radius 1 is 1.40 bits per heavy atom. The Kier molecular flexibility index (Phi) is 4.84. The fourth-order valence-electron chi connectivity index (χ4n) is 2.76. The topological polar surface area (TPSA) is 59.0 Å². The number of carboxylic acids is 1. The molecule has 0 spiro atoms. The van der Waals surface area contributed by atoms with Crippen LogP contribution in [0.3, 0.4) is 0 Å². The number of benzene rings is 1. The Morgan fingerprint density at radius 3 is 2.85 bits per heavy atom. The highest BCUT2D eigenvalue weighted by atomic mass is 16.5. The first-order valence-corrected chi connectivity index (χ1v) is 6.80. The molecule has 0 aliphatic carbocycles. The summed E-state index contributed by atoms with van der Waals surface area (Å²) in [7, 11) is 3.28. The van der Waals surface area contributed by atoms with Crippen LogP contribution >= 0.6 is 0 Å². The molecule has 1 unspecified atom stereocenters. The van der Waals surface area contributed by atoms with Gasteiger partial charge in [-0.1, -0.05) is 0 Å². The first-order chi connectivity index (χ1) is 9.63. The summed E-state index contributed by atoms with van der Waals surface area (Å²) in [6, 6.07) is 5.82. The van der Waals surface area contributed by atoms with Crippen LogP contribution in [0.15, 0.2) is 18.2 Å². The van der Waals surface area contributed by atoms with E-state index in [4.69, 9.17) is 14.6 Å². The maximum absolute atomic E-state index is 10.9. The molecule has 0 bridgehead atoms. The van der Waals surface area contributed by atoms with E-state index in [2.05, 4.69) is 4.90 Å². The van der Waals surface area contributed by atoms with Gasteiger partial charge in [-0.25, -0.2) is 0 Å². The Morgan fingerprint density at radius 2 is 2.20 bits per heavy atom. The third-order valence-corrected chi connectivity index (χ3v) is 3.77. The van der Waals surface area contributed by atoms with Crippen LogP contribution in [-0.2, 0) is 11.3 Å². The monoisotopic (exact) mass is 279 g/mol. The van der Waals surface area contributed by atoms with Crippen molar-refractivity contribution in [1.29, 1.82) is 0 Å². The number of aliphatic carboxylic acids is 1. The van der Waals surface area contributed by atoms with E-state index < -0.39 is 5.97 Å². The summed E-state index contributed by atoms with van der Waals surface area (Å²) in [5.74, 6) is 0.862. The normalized spacial score (nSPS) is 19.0. The third kappa shape index (κ3) is 3.42. The van der Waals surface area contributed by atoms with Crippen LogP contribution in [0.5, 0.6) is 11.5 Å². The zero-order chi connectivity index (χ0) is 14.5. The number of carbonyl (C=O) groups is 1. The van der Waals surface area contributed by atoms with Crippen molar-refractivity contribution in [2.45, 2.75) is 31.8 Å². The van der Waals surface area contributed by atoms with Gasteiger partial charge in [0.25, 0.3) is 0 Å². The van der Waals surface area contributed by atoms with E-state index in [0.29, 0.717) is 6.54 Å². The predicted molar refractivity (Wildman–Crippen MR) is 75.2 cm³/mol. The second-order valence-electron chi connectivity index (χ2n) is 5.04. The largest absolute Gasteiger partial charge is 0.497 e. The minimum absolute atomic E-state index is 0.114. The maximum atomic E-state index is 10.9. The molecular formula is C15H21NO4. The lowest BCUT2D eigenvalue weighted by Crippen LogP contribution is -2.31. The van der Waals surface area contributed by atoms with E-state index in [1.165, 1.54) is 0 Å². The number of likely N-dealkylation sites (tertiary alicyclic amines) is 1. The molecule has 1 fully saturated rings. The Balaban J connectivity index is 2.13. The molecule has 0 aromatic heterocycles. The summed E-state index contributed by atoms with van der Waals surface area (Å²) in [5.41, 5.74) is 1.03. The average molecular weight is 279 g/mol. The number of carboxylic acid groups (broad SMARTS) is 1. The molecule has 1 atom stereocenters. The van der Waals surface area contributed by atoms with Crippen LogP contribution in [0.25, 0.3) is 0 Å². The van der Waals surface area contributed by atoms with Crippen molar-refractivity contribution < 1.29 is 19.4 Å². The van der Waals surface area contributed by atoms with Crippen molar-refractivity contribution >= 4 is 5.97 Å². The number of methoxy groups -OCH3 is 2. The molecule has 1 aliphatic heterocycles. The van der Waals surface area contributed by atoms with E-state index in [-0.39, 0.29) is 12.5 Å².